The first-order chi connectivity index (χ1) is 9.92. The third kappa shape index (κ3) is 3.47. The van der Waals surface area contributed by atoms with Gasteiger partial charge in [-0.25, -0.2) is 4.98 Å². The molecule has 1 aliphatic heterocycles. The number of nitrogens with one attached hydrogen (secondary N) is 1. The fraction of sp³-hybridized carbons (Fsp3) is 0.562. The van der Waals surface area contributed by atoms with Crippen LogP contribution in [-0.4, -0.2) is 33.7 Å². The van der Waals surface area contributed by atoms with Gasteiger partial charge in [0.15, 0.2) is 0 Å². The highest BCUT2D eigenvalue weighted by Crippen LogP contribution is 2.32. The van der Waals surface area contributed by atoms with Gasteiger partial charge in [0.05, 0.1) is 22.7 Å². The Hall–Kier alpha value is -0.910. The predicted octanol–water partition coefficient (Wildman–Crippen LogP) is 4.23. The number of hydrogen-bond donors (Lipinski definition) is 1. The molecule has 0 saturated carbocycles. The number of aromatic amines is 1. The number of halogens is 1. The topological polar surface area (TPSA) is 41.1 Å². The summed E-state index contributed by atoms with van der Waals surface area (Å²) in [5.41, 5.74) is 2.01. The molecule has 1 saturated heterocycles. The Bertz CT molecular complexity index is 632. The van der Waals surface area contributed by atoms with Gasteiger partial charge in [-0.05, 0) is 51.8 Å². The summed E-state index contributed by atoms with van der Waals surface area (Å²) in [4.78, 5) is 10.6. The fourth-order valence-electron chi connectivity index (χ4n) is 2.73. The largest absolute Gasteiger partial charge is 0.360 e. The Kier molecular flexibility index (Phi) is 4.08. The molecule has 0 bridgehead atoms. The summed E-state index contributed by atoms with van der Waals surface area (Å²) in [6.07, 6.45) is 2.33. The number of hydrogen-bond acceptors (Lipinski definition) is 3. The molecule has 0 radical (unpaired) electrons. The lowest BCUT2D eigenvalue weighted by Gasteiger charge is -2.27. The molecule has 0 amide bonds. The Labute approximate surface area is 134 Å². The summed E-state index contributed by atoms with van der Waals surface area (Å²) in [5, 5.41) is 0. The second-order valence-electron chi connectivity index (χ2n) is 6.64. The molecule has 1 fully saturated rings. The molecule has 0 spiro atoms. The first kappa shape index (κ1) is 15.0. The number of rotatable bonds is 3. The Balaban J connectivity index is 1.80. The van der Waals surface area contributed by atoms with Crippen LogP contribution in [0.4, 0.5) is 0 Å². The van der Waals surface area contributed by atoms with Crippen LogP contribution in [0, 0.1) is 0 Å². The Morgan fingerprint density at radius 3 is 3.00 bits per heavy atom. The molecule has 1 aliphatic rings. The predicted molar refractivity (Wildman–Crippen MR) is 88.2 cm³/mol. The van der Waals surface area contributed by atoms with Crippen molar-refractivity contribution in [1.29, 1.82) is 0 Å². The van der Waals surface area contributed by atoms with Gasteiger partial charge in [0.1, 0.15) is 12.6 Å². The van der Waals surface area contributed by atoms with E-state index < -0.39 is 0 Å². The SMILES string of the molecule is CC(C)(C)OCN1CCCC1c1nc2ccc(Br)cc2[nH]1. The van der Waals surface area contributed by atoms with Crippen LogP contribution in [0.5, 0.6) is 0 Å². The normalized spacial score (nSPS) is 20.5. The van der Waals surface area contributed by atoms with Crippen molar-refractivity contribution in [2.75, 3.05) is 13.3 Å². The zero-order valence-electron chi connectivity index (χ0n) is 12.8. The van der Waals surface area contributed by atoms with E-state index in [0.717, 1.165) is 34.3 Å². The van der Waals surface area contributed by atoms with Crippen LogP contribution in [0.25, 0.3) is 11.0 Å². The summed E-state index contributed by atoms with van der Waals surface area (Å²) < 4.78 is 7.01. The lowest BCUT2D eigenvalue weighted by Crippen LogP contribution is -2.32. The lowest BCUT2D eigenvalue weighted by molar-refractivity contribution is -0.0682. The number of benzene rings is 1. The van der Waals surface area contributed by atoms with E-state index in [1.54, 1.807) is 0 Å². The van der Waals surface area contributed by atoms with Gasteiger partial charge in [-0.3, -0.25) is 4.90 Å². The number of aromatic nitrogens is 2. The van der Waals surface area contributed by atoms with Crippen molar-refractivity contribution in [3.05, 3.63) is 28.5 Å². The van der Waals surface area contributed by atoms with Gasteiger partial charge in [0.2, 0.25) is 0 Å². The average molecular weight is 352 g/mol. The maximum absolute atomic E-state index is 5.93. The van der Waals surface area contributed by atoms with Crippen molar-refractivity contribution in [2.24, 2.45) is 0 Å². The van der Waals surface area contributed by atoms with Gasteiger partial charge >= 0.3 is 0 Å². The van der Waals surface area contributed by atoms with Crippen LogP contribution in [0.15, 0.2) is 22.7 Å². The molecule has 2 heterocycles. The third-order valence-corrected chi connectivity index (χ3v) is 4.30. The number of likely N-dealkylation sites (tertiary alicyclic amines) is 1. The van der Waals surface area contributed by atoms with E-state index in [9.17, 15) is 0 Å². The van der Waals surface area contributed by atoms with E-state index in [0.29, 0.717) is 12.8 Å². The third-order valence-electron chi connectivity index (χ3n) is 3.80. The zero-order valence-corrected chi connectivity index (χ0v) is 14.4. The molecule has 2 aromatic rings. The van der Waals surface area contributed by atoms with Crippen LogP contribution in [-0.2, 0) is 4.74 Å². The average Bonchev–Trinajstić information content (AvgIpc) is 3.00. The van der Waals surface area contributed by atoms with Gasteiger partial charge in [-0.15, -0.1) is 0 Å². The molecule has 3 rings (SSSR count). The highest BCUT2D eigenvalue weighted by Gasteiger charge is 2.29. The van der Waals surface area contributed by atoms with Crippen LogP contribution in [0.3, 0.4) is 0 Å². The van der Waals surface area contributed by atoms with Crippen molar-refractivity contribution in [2.45, 2.75) is 45.3 Å². The summed E-state index contributed by atoms with van der Waals surface area (Å²) in [7, 11) is 0. The quantitative estimate of drug-likeness (QED) is 0.899. The maximum Gasteiger partial charge on any atom is 0.124 e. The molecule has 0 aliphatic carbocycles. The van der Waals surface area contributed by atoms with Crippen LogP contribution in [0.1, 0.15) is 45.5 Å². The van der Waals surface area contributed by atoms with Gasteiger partial charge < -0.3 is 9.72 Å². The zero-order chi connectivity index (χ0) is 15.0. The van der Waals surface area contributed by atoms with E-state index in [1.807, 2.05) is 12.1 Å². The summed E-state index contributed by atoms with van der Waals surface area (Å²) in [5.74, 6) is 1.05. The van der Waals surface area contributed by atoms with Crippen molar-refractivity contribution in [1.82, 2.24) is 14.9 Å². The molecule has 1 N–H and O–H groups in total. The maximum atomic E-state index is 5.93. The first-order valence-corrected chi connectivity index (χ1v) is 8.25. The fourth-order valence-corrected chi connectivity index (χ4v) is 3.09. The number of H-pyrrole nitrogens is 1. The molecule has 1 atom stereocenters. The van der Waals surface area contributed by atoms with Gasteiger partial charge in [-0.2, -0.15) is 0 Å². The van der Waals surface area contributed by atoms with Gasteiger partial charge in [0, 0.05) is 11.0 Å². The summed E-state index contributed by atoms with van der Waals surface area (Å²) in [6.45, 7) is 8.01. The number of imidazole rings is 1. The standard InChI is InChI=1S/C16H22BrN3O/c1-16(2,3)21-10-20-8-4-5-14(20)15-18-12-7-6-11(17)9-13(12)19-15/h6-7,9,14H,4-5,8,10H2,1-3H3,(H,18,19). The van der Waals surface area contributed by atoms with Crippen molar-refractivity contribution >= 4 is 27.0 Å². The van der Waals surface area contributed by atoms with E-state index in [1.165, 1.54) is 6.42 Å². The van der Waals surface area contributed by atoms with E-state index in [2.05, 4.69) is 52.7 Å². The summed E-state index contributed by atoms with van der Waals surface area (Å²) in [6, 6.07) is 6.49. The van der Waals surface area contributed by atoms with Gasteiger partial charge in [0.25, 0.3) is 0 Å². The number of fused-ring (bicyclic) bond motifs is 1. The Morgan fingerprint density at radius 2 is 2.24 bits per heavy atom. The second kappa shape index (κ2) is 5.71. The summed E-state index contributed by atoms with van der Waals surface area (Å²) >= 11 is 3.51. The highest BCUT2D eigenvalue weighted by atomic mass is 79.9. The van der Waals surface area contributed by atoms with Crippen molar-refractivity contribution in [3.63, 3.8) is 0 Å². The molecule has 4 nitrogen and oxygen atoms in total. The van der Waals surface area contributed by atoms with Crippen LogP contribution >= 0.6 is 15.9 Å². The van der Waals surface area contributed by atoms with E-state index in [4.69, 9.17) is 9.72 Å². The van der Waals surface area contributed by atoms with E-state index in [-0.39, 0.29) is 5.60 Å². The first-order valence-electron chi connectivity index (χ1n) is 7.45. The minimum atomic E-state index is -0.105. The number of ether oxygens (including phenoxy) is 1. The van der Waals surface area contributed by atoms with Crippen molar-refractivity contribution < 1.29 is 4.74 Å². The lowest BCUT2D eigenvalue weighted by atomic mass is 10.2. The molecular formula is C16H22BrN3O. The van der Waals surface area contributed by atoms with Crippen molar-refractivity contribution in [3.8, 4) is 0 Å². The molecule has 1 unspecified atom stereocenters. The molecule has 5 heteroatoms. The monoisotopic (exact) mass is 351 g/mol. The molecular weight excluding hydrogens is 330 g/mol. The molecule has 21 heavy (non-hydrogen) atoms. The smallest absolute Gasteiger partial charge is 0.124 e. The number of nitrogens with zero attached hydrogens (tertiary/aromatic N) is 2. The minimum absolute atomic E-state index is 0.105. The van der Waals surface area contributed by atoms with Gasteiger partial charge in [-0.1, -0.05) is 15.9 Å². The Morgan fingerprint density at radius 1 is 1.43 bits per heavy atom. The van der Waals surface area contributed by atoms with Crippen LogP contribution < -0.4 is 0 Å². The highest BCUT2D eigenvalue weighted by molar-refractivity contribution is 9.10. The molecule has 1 aromatic carbocycles. The van der Waals surface area contributed by atoms with Crippen LogP contribution in [0.2, 0.25) is 0 Å². The minimum Gasteiger partial charge on any atom is -0.360 e. The van der Waals surface area contributed by atoms with E-state index >= 15 is 0 Å². The molecule has 1 aromatic heterocycles. The second-order valence-corrected chi connectivity index (χ2v) is 7.56. The molecule has 114 valence electrons.